The number of fused-ring (bicyclic) bond motifs is 5. The summed E-state index contributed by atoms with van der Waals surface area (Å²) in [5.41, 5.74) is 4.78. The monoisotopic (exact) mass is 404 g/mol. The van der Waals surface area contributed by atoms with Crippen LogP contribution in [-0.4, -0.2) is 5.38 Å². The topological polar surface area (TPSA) is 0 Å². The normalized spacial score (nSPS) is 47.5. The largest absolute Gasteiger partial charge is 0.123 e. The van der Waals surface area contributed by atoms with Crippen molar-refractivity contribution in [2.24, 2.45) is 40.4 Å². The molecule has 28 heavy (non-hydrogen) atoms. The average Bonchev–Trinajstić information content (AvgIpc) is 2.99. The third-order valence-corrected chi connectivity index (χ3v) is 10.6. The minimum Gasteiger partial charge on any atom is -0.123 e. The molecule has 0 aromatic heterocycles. The zero-order chi connectivity index (χ0) is 20.1. The molecule has 0 saturated heterocycles. The number of halogens is 1. The van der Waals surface area contributed by atoms with Crippen LogP contribution in [0.3, 0.4) is 0 Å². The van der Waals surface area contributed by atoms with E-state index >= 15 is 0 Å². The minimum absolute atomic E-state index is 0.456. The van der Waals surface area contributed by atoms with Crippen molar-refractivity contribution in [3.63, 3.8) is 0 Å². The SMILES string of the molecule is C/C(CCCC(C)C)=C1/CC[C@H]2[C@@H]3CCC4C[C@@H](Cl)CC[C@]4(C)[C@H]3CC[C@]12C. The summed E-state index contributed by atoms with van der Waals surface area (Å²) in [6.45, 7) is 12.6. The Morgan fingerprint density at radius 3 is 2.57 bits per heavy atom. The molecule has 4 fully saturated rings. The lowest BCUT2D eigenvalue weighted by atomic mass is 9.45. The maximum atomic E-state index is 6.59. The third-order valence-electron chi connectivity index (χ3n) is 10.2. The molecule has 0 heterocycles. The summed E-state index contributed by atoms with van der Waals surface area (Å²) in [5, 5.41) is 0.456. The molecule has 0 aliphatic heterocycles. The fourth-order valence-electron chi connectivity index (χ4n) is 8.65. The van der Waals surface area contributed by atoms with E-state index in [-0.39, 0.29) is 0 Å². The zero-order valence-corrected chi connectivity index (χ0v) is 20.1. The van der Waals surface area contributed by atoms with E-state index in [1.165, 1.54) is 77.0 Å². The molecule has 0 nitrogen and oxygen atoms in total. The second-order valence-electron chi connectivity index (χ2n) is 12.1. The van der Waals surface area contributed by atoms with Gasteiger partial charge in [-0.3, -0.25) is 0 Å². The molecule has 0 radical (unpaired) electrons. The van der Waals surface area contributed by atoms with Gasteiger partial charge < -0.3 is 0 Å². The van der Waals surface area contributed by atoms with Gasteiger partial charge in [-0.15, -0.1) is 11.6 Å². The van der Waals surface area contributed by atoms with Gasteiger partial charge in [0.15, 0.2) is 0 Å². The lowest BCUT2D eigenvalue weighted by Gasteiger charge is -2.60. The third kappa shape index (κ3) is 3.52. The van der Waals surface area contributed by atoms with Crippen LogP contribution >= 0.6 is 11.6 Å². The van der Waals surface area contributed by atoms with E-state index in [9.17, 15) is 0 Å². The van der Waals surface area contributed by atoms with Gasteiger partial charge >= 0.3 is 0 Å². The predicted octanol–water partition coefficient (Wildman–Crippen LogP) is 8.78. The molecular formula is C27H45Cl. The molecule has 1 unspecified atom stereocenters. The van der Waals surface area contributed by atoms with Gasteiger partial charge in [-0.25, -0.2) is 0 Å². The molecule has 160 valence electrons. The summed E-state index contributed by atoms with van der Waals surface area (Å²) in [6.07, 6.45) is 16.9. The Kier molecular flexibility index (Phi) is 6.03. The minimum atomic E-state index is 0.456. The molecule has 4 aliphatic rings. The van der Waals surface area contributed by atoms with Gasteiger partial charge in [-0.2, -0.15) is 0 Å². The standard InChI is InChI=1S/C27H45Cl/c1-18(2)7-6-8-19(3)23-11-12-24-22-10-9-20-17-21(28)13-15-26(20,4)25(22)14-16-27(23,24)5/h18,20-22,24-25H,6-17H2,1-5H3/b23-19+/t20?,21-,22-,24-,25-,26-,27+/m0/s1. The van der Waals surface area contributed by atoms with Crippen molar-refractivity contribution in [1.29, 1.82) is 0 Å². The van der Waals surface area contributed by atoms with Crippen LogP contribution < -0.4 is 0 Å². The van der Waals surface area contributed by atoms with Crippen LogP contribution in [-0.2, 0) is 0 Å². The van der Waals surface area contributed by atoms with Gasteiger partial charge in [0, 0.05) is 5.38 Å². The lowest BCUT2D eigenvalue weighted by molar-refractivity contribution is -0.0967. The van der Waals surface area contributed by atoms with Crippen molar-refractivity contribution in [3.8, 4) is 0 Å². The molecule has 0 bridgehead atoms. The molecule has 0 aromatic rings. The Morgan fingerprint density at radius 1 is 1.04 bits per heavy atom. The van der Waals surface area contributed by atoms with Crippen LogP contribution in [0.4, 0.5) is 0 Å². The first-order valence-electron chi connectivity index (χ1n) is 12.6. The van der Waals surface area contributed by atoms with Gasteiger partial charge in [0.2, 0.25) is 0 Å². The van der Waals surface area contributed by atoms with Crippen molar-refractivity contribution in [2.75, 3.05) is 0 Å². The van der Waals surface area contributed by atoms with Gasteiger partial charge in [0.1, 0.15) is 0 Å². The molecule has 0 aromatic carbocycles. The van der Waals surface area contributed by atoms with Crippen LogP contribution in [0, 0.1) is 40.4 Å². The fourth-order valence-corrected chi connectivity index (χ4v) is 8.97. The van der Waals surface area contributed by atoms with Crippen LogP contribution in [0.2, 0.25) is 0 Å². The number of rotatable bonds is 4. The molecule has 0 amide bonds. The summed E-state index contributed by atoms with van der Waals surface area (Å²) in [6, 6.07) is 0. The number of alkyl halides is 1. The van der Waals surface area contributed by atoms with E-state index in [0.717, 1.165) is 29.6 Å². The Morgan fingerprint density at radius 2 is 1.82 bits per heavy atom. The van der Waals surface area contributed by atoms with Crippen molar-refractivity contribution >= 4 is 11.6 Å². The van der Waals surface area contributed by atoms with Crippen LogP contribution in [0.1, 0.15) is 112 Å². The molecule has 0 spiro atoms. The van der Waals surface area contributed by atoms with E-state index in [4.69, 9.17) is 11.6 Å². The summed E-state index contributed by atoms with van der Waals surface area (Å²) in [5.74, 6) is 4.69. The molecule has 0 N–H and O–H groups in total. The van der Waals surface area contributed by atoms with Gasteiger partial charge in [0.25, 0.3) is 0 Å². The van der Waals surface area contributed by atoms with E-state index in [1.54, 1.807) is 5.57 Å². The van der Waals surface area contributed by atoms with Gasteiger partial charge in [0.05, 0.1) is 0 Å². The predicted molar refractivity (Wildman–Crippen MR) is 123 cm³/mol. The molecule has 4 saturated carbocycles. The van der Waals surface area contributed by atoms with Crippen LogP contribution in [0.25, 0.3) is 0 Å². The summed E-state index contributed by atoms with van der Waals surface area (Å²) >= 11 is 6.59. The smallest absolute Gasteiger partial charge is 0.0339 e. The van der Waals surface area contributed by atoms with E-state index in [2.05, 4.69) is 34.6 Å². The Hall–Kier alpha value is 0.0300. The quantitative estimate of drug-likeness (QED) is 0.324. The highest BCUT2D eigenvalue weighted by Gasteiger charge is 2.59. The van der Waals surface area contributed by atoms with Crippen molar-refractivity contribution in [3.05, 3.63) is 11.1 Å². The maximum absolute atomic E-state index is 6.59. The molecule has 7 atom stereocenters. The summed E-state index contributed by atoms with van der Waals surface area (Å²) in [4.78, 5) is 0. The summed E-state index contributed by atoms with van der Waals surface area (Å²) < 4.78 is 0. The van der Waals surface area contributed by atoms with Crippen LogP contribution in [0.5, 0.6) is 0 Å². The van der Waals surface area contributed by atoms with Crippen molar-refractivity contribution in [1.82, 2.24) is 0 Å². The Bertz CT molecular complexity index is 603. The number of allylic oxidation sites excluding steroid dienone is 2. The first-order valence-corrected chi connectivity index (χ1v) is 13.0. The van der Waals surface area contributed by atoms with Crippen LogP contribution in [0.15, 0.2) is 11.1 Å². The first kappa shape index (κ1) is 21.3. The fraction of sp³-hybridized carbons (Fsp3) is 0.926. The molecular weight excluding hydrogens is 360 g/mol. The van der Waals surface area contributed by atoms with Crippen molar-refractivity contribution in [2.45, 2.75) is 117 Å². The highest BCUT2D eigenvalue weighted by Crippen LogP contribution is 2.67. The van der Waals surface area contributed by atoms with E-state index in [0.29, 0.717) is 16.2 Å². The number of hydrogen-bond donors (Lipinski definition) is 0. The second kappa shape index (κ2) is 7.94. The van der Waals surface area contributed by atoms with E-state index in [1.807, 2.05) is 5.57 Å². The lowest BCUT2D eigenvalue weighted by Crippen LogP contribution is -2.53. The number of hydrogen-bond acceptors (Lipinski definition) is 0. The summed E-state index contributed by atoms with van der Waals surface area (Å²) in [7, 11) is 0. The first-order chi connectivity index (χ1) is 13.3. The average molecular weight is 405 g/mol. The van der Waals surface area contributed by atoms with Gasteiger partial charge in [-0.05, 0) is 118 Å². The highest BCUT2D eigenvalue weighted by atomic mass is 35.5. The van der Waals surface area contributed by atoms with Gasteiger partial charge in [-0.1, -0.05) is 45.3 Å². The highest BCUT2D eigenvalue weighted by molar-refractivity contribution is 6.20. The Labute approximate surface area is 180 Å². The van der Waals surface area contributed by atoms with Crippen molar-refractivity contribution < 1.29 is 0 Å². The maximum Gasteiger partial charge on any atom is 0.0339 e. The second-order valence-corrected chi connectivity index (χ2v) is 12.7. The molecule has 1 heteroatoms. The zero-order valence-electron chi connectivity index (χ0n) is 19.3. The Balaban J connectivity index is 1.52. The molecule has 4 rings (SSSR count). The van der Waals surface area contributed by atoms with E-state index < -0.39 is 0 Å². The molecule has 4 aliphatic carbocycles.